The van der Waals surface area contributed by atoms with E-state index in [9.17, 15) is 0 Å². The Kier molecular flexibility index (Phi) is 6.81. The lowest BCUT2D eigenvalue weighted by atomic mass is 10.0. The molecule has 0 amide bonds. The highest BCUT2D eigenvalue weighted by atomic mass is 16.5. The topological polar surface area (TPSA) is 21.3 Å². The van der Waals surface area contributed by atoms with Crippen LogP contribution in [0.1, 0.15) is 45.6 Å². The highest BCUT2D eigenvalue weighted by Gasteiger charge is 2.06. The zero-order chi connectivity index (χ0) is 13.4. The van der Waals surface area contributed by atoms with Crippen molar-refractivity contribution < 1.29 is 4.74 Å². The Labute approximate surface area is 112 Å². The van der Waals surface area contributed by atoms with Gasteiger partial charge in [-0.05, 0) is 50.8 Å². The molecule has 1 aromatic rings. The van der Waals surface area contributed by atoms with Gasteiger partial charge in [0.05, 0.1) is 7.11 Å². The van der Waals surface area contributed by atoms with Crippen molar-refractivity contribution in [2.75, 3.05) is 7.11 Å². The van der Waals surface area contributed by atoms with Gasteiger partial charge in [-0.3, -0.25) is 0 Å². The van der Waals surface area contributed by atoms with Crippen LogP contribution in [0.4, 0.5) is 0 Å². The van der Waals surface area contributed by atoms with Crippen LogP contribution in [0.2, 0.25) is 0 Å². The molecule has 1 aromatic carbocycles. The summed E-state index contributed by atoms with van der Waals surface area (Å²) in [5.41, 5.74) is 1.38. The van der Waals surface area contributed by atoms with Crippen molar-refractivity contribution in [2.24, 2.45) is 0 Å². The van der Waals surface area contributed by atoms with E-state index in [0.717, 1.165) is 12.2 Å². The van der Waals surface area contributed by atoms with E-state index in [1.54, 1.807) is 7.11 Å². The molecule has 0 saturated carbocycles. The lowest BCUT2D eigenvalue weighted by Crippen LogP contribution is -2.34. The molecule has 0 heterocycles. The van der Waals surface area contributed by atoms with Gasteiger partial charge in [-0.2, -0.15) is 0 Å². The summed E-state index contributed by atoms with van der Waals surface area (Å²) >= 11 is 0. The molecule has 0 aliphatic heterocycles. The largest absolute Gasteiger partial charge is 0.497 e. The Morgan fingerprint density at radius 3 is 2.22 bits per heavy atom. The molecule has 0 spiro atoms. The Morgan fingerprint density at radius 1 is 1.06 bits per heavy atom. The second-order valence-corrected chi connectivity index (χ2v) is 5.14. The van der Waals surface area contributed by atoms with Crippen LogP contribution >= 0.6 is 0 Å². The molecule has 0 radical (unpaired) electrons. The molecule has 1 rings (SSSR count). The fourth-order valence-corrected chi connectivity index (χ4v) is 2.26. The van der Waals surface area contributed by atoms with Crippen LogP contribution in [0.15, 0.2) is 24.3 Å². The summed E-state index contributed by atoms with van der Waals surface area (Å²) < 4.78 is 5.16. The van der Waals surface area contributed by atoms with Crippen molar-refractivity contribution in [3.8, 4) is 5.75 Å². The third-order valence-electron chi connectivity index (χ3n) is 3.32. The molecule has 2 unspecified atom stereocenters. The third-order valence-corrected chi connectivity index (χ3v) is 3.32. The summed E-state index contributed by atoms with van der Waals surface area (Å²) in [6.45, 7) is 6.78. The molecular weight excluding hydrogens is 222 g/mol. The van der Waals surface area contributed by atoms with E-state index in [0.29, 0.717) is 12.1 Å². The highest BCUT2D eigenvalue weighted by Crippen LogP contribution is 2.13. The predicted molar refractivity (Wildman–Crippen MR) is 78.3 cm³/mol. The van der Waals surface area contributed by atoms with Gasteiger partial charge in [0.15, 0.2) is 0 Å². The third kappa shape index (κ3) is 5.54. The van der Waals surface area contributed by atoms with Gasteiger partial charge in [0.2, 0.25) is 0 Å². The average Bonchev–Trinajstić information content (AvgIpc) is 2.37. The lowest BCUT2D eigenvalue weighted by molar-refractivity contribution is 0.414. The first-order valence-electron chi connectivity index (χ1n) is 7.04. The molecule has 0 bridgehead atoms. The number of methoxy groups -OCH3 is 1. The molecular formula is C16H27NO. The second kappa shape index (κ2) is 8.15. The minimum Gasteiger partial charge on any atom is -0.497 e. The van der Waals surface area contributed by atoms with Gasteiger partial charge in [-0.25, -0.2) is 0 Å². The van der Waals surface area contributed by atoms with Crippen molar-refractivity contribution in [3.05, 3.63) is 29.8 Å². The van der Waals surface area contributed by atoms with Gasteiger partial charge in [0, 0.05) is 12.1 Å². The Morgan fingerprint density at radius 2 is 1.67 bits per heavy atom. The maximum atomic E-state index is 5.16. The number of aryl methyl sites for hydroxylation is 1. The number of rotatable bonds is 8. The van der Waals surface area contributed by atoms with Crippen molar-refractivity contribution in [2.45, 2.75) is 58.5 Å². The summed E-state index contributed by atoms with van der Waals surface area (Å²) in [6, 6.07) is 9.58. The number of hydrogen-bond acceptors (Lipinski definition) is 2. The standard InChI is InChI=1S/C16H27NO/c1-5-6-13(2)17-14(3)7-8-15-9-11-16(18-4)12-10-15/h9-14,17H,5-8H2,1-4H3. The average molecular weight is 249 g/mol. The molecule has 2 heteroatoms. The molecule has 102 valence electrons. The van der Waals surface area contributed by atoms with E-state index < -0.39 is 0 Å². The first kappa shape index (κ1) is 15.0. The molecule has 0 saturated heterocycles. The summed E-state index contributed by atoms with van der Waals surface area (Å²) in [5, 5.41) is 3.65. The molecule has 0 aromatic heterocycles. The summed E-state index contributed by atoms with van der Waals surface area (Å²) in [5.74, 6) is 0.932. The number of benzene rings is 1. The fourth-order valence-electron chi connectivity index (χ4n) is 2.26. The monoisotopic (exact) mass is 249 g/mol. The summed E-state index contributed by atoms with van der Waals surface area (Å²) in [4.78, 5) is 0. The van der Waals surface area contributed by atoms with Gasteiger partial charge in [0.25, 0.3) is 0 Å². The second-order valence-electron chi connectivity index (χ2n) is 5.14. The fraction of sp³-hybridized carbons (Fsp3) is 0.625. The predicted octanol–water partition coefficient (Wildman–Crippen LogP) is 3.79. The first-order valence-corrected chi connectivity index (χ1v) is 7.04. The number of ether oxygens (including phenoxy) is 1. The normalized spacial score (nSPS) is 14.2. The molecule has 0 aliphatic rings. The Balaban J connectivity index is 2.30. The van der Waals surface area contributed by atoms with E-state index in [2.05, 4.69) is 38.2 Å². The number of hydrogen-bond donors (Lipinski definition) is 1. The smallest absolute Gasteiger partial charge is 0.118 e. The van der Waals surface area contributed by atoms with Crippen LogP contribution in [0.5, 0.6) is 5.75 Å². The first-order chi connectivity index (χ1) is 8.65. The van der Waals surface area contributed by atoms with E-state index in [4.69, 9.17) is 4.74 Å². The highest BCUT2D eigenvalue weighted by molar-refractivity contribution is 5.27. The van der Waals surface area contributed by atoms with E-state index in [-0.39, 0.29) is 0 Å². The minimum atomic E-state index is 0.577. The summed E-state index contributed by atoms with van der Waals surface area (Å²) in [7, 11) is 1.70. The van der Waals surface area contributed by atoms with Gasteiger partial charge in [0.1, 0.15) is 5.75 Å². The van der Waals surface area contributed by atoms with Crippen LogP contribution in [0, 0.1) is 0 Å². The summed E-state index contributed by atoms with van der Waals surface area (Å²) in [6.07, 6.45) is 4.81. The number of nitrogens with one attached hydrogen (secondary N) is 1. The Bertz CT molecular complexity index is 320. The van der Waals surface area contributed by atoms with Gasteiger partial charge >= 0.3 is 0 Å². The van der Waals surface area contributed by atoms with Crippen LogP contribution < -0.4 is 10.1 Å². The quantitative estimate of drug-likeness (QED) is 0.756. The maximum Gasteiger partial charge on any atom is 0.118 e. The zero-order valence-electron chi connectivity index (χ0n) is 12.2. The molecule has 0 aliphatic carbocycles. The van der Waals surface area contributed by atoms with Crippen LogP contribution in [0.25, 0.3) is 0 Å². The SMILES string of the molecule is CCCC(C)NC(C)CCc1ccc(OC)cc1. The van der Waals surface area contributed by atoms with E-state index in [1.165, 1.54) is 24.8 Å². The van der Waals surface area contributed by atoms with Crippen molar-refractivity contribution in [3.63, 3.8) is 0 Å². The Hall–Kier alpha value is -1.02. The van der Waals surface area contributed by atoms with Crippen LogP contribution in [-0.2, 0) is 6.42 Å². The minimum absolute atomic E-state index is 0.577. The van der Waals surface area contributed by atoms with Crippen LogP contribution in [-0.4, -0.2) is 19.2 Å². The maximum absolute atomic E-state index is 5.16. The van der Waals surface area contributed by atoms with Crippen molar-refractivity contribution in [1.29, 1.82) is 0 Å². The van der Waals surface area contributed by atoms with Gasteiger partial charge in [-0.15, -0.1) is 0 Å². The van der Waals surface area contributed by atoms with E-state index >= 15 is 0 Å². The van der Waals surface area contributed by atoms with Crippen molar-refractivity contribution >= 4 is 0 Å². The zero-order valence-corrected chi connectivity index (χ0v) is 12.2. The molecule has 2 atom stereocenters. The van der Waals surface area contributed by atoms with Gasteiger partial charge < -0.3 is 10.1 Å². The molecule has 1 N–H and O–H groups in total. The van der Waals surface area contributed by atoms with E-state index in [1.807, 2.05) is 12.1 Å². The molecule has 18 heavy (non-hydrogen) atoms. The van der Waals surface area contributed by atoms with Crippen LogP contribution in [0.3, 0.4) is 0 Å². The van der Waals surface area contributed by atoms with Crippen molar-refractivity contribution in [1.82, 2.24) is 5.32 Å². The molecule has 0 fully saturated rings. The lowest BCUT2D eigenvalue weighted by Gasteiger charge is -2.19. The molecule has 2 nitrogen and oxygen atoms in total. The van der Waals surface area contributed by atoms with Gasteiger partial charge in [-0.1, -0.05) is 25.5 Å².